The molecule has 0 bridgehead atoms. The van der Waals surface area contributed by atoms with E-state index in [0.717, 1.165) is 18.4 Å². The Morgan fingerprint density at radius 1 is 1.03 bits per heavy atom. The Hall–Kier alpha value is -2.91. The molecule has 0 amide bonds. The maximum absolute atomic E-state index is 14.0. The highest BCUT2D eigenvalue weighted by Crippen LogP contribution is 2.39. The smallest absolute Gasteiger partial charge is 0.251 e. The summed E-state index contributed by atoms with van der Waals surface area (Å²) in [6.07, 6.45) is 2.43. The van der Waals surface area contributed by atoms with Crippen LogP contribution in [0.4, 0.5) is 14.5 Å². The summed E-state index contributed by atoms with van der Waals surface area (Å²) in [6.45, 7) is 0. The van der Waals surface area contributed by atoms with Crippen molar-refractivity contribution in [1.82, 2.24) is 4.57 Å². The fraction of sp³-hybridized carbons (Fsp3) is 0.105. The number of anilines is 1. The molecule has 1 aromatic heterocycles. The van der Waals surface area contributed by atoms with Crippen LogP contribution in [0.2, 0.25) is 5.02 Å². The summed E-state index contributed by atoms with van der Waals surface area (Å²) in [7, 11) is -2.05. The van der Waals surface area contributed by atoms with Gasteiger partial charge in [0, 0.05) is 42.2 Å². The van der Waals surface area contributed by atoms with Gasteiger partial charge in [0.15, 0.2) is 11.6 Å². The number of hydrogen-bond donors (Lipinski definition) is 1. The maximum atomic E-state index is 14.0. The predicted molar refractivity (Wildman–Crippen MR) is 107 cm³/mol. The molecule has 152 valence electrons. The van der Waals surface area contributed by atoms with Crippen molar-refractivity contribution in [3.8, 4) is 22.6 Å². The minimum Gasteiger partial charge on any atom is -0.454 e. The van der Waals surface area contributed by atoms with Crippen LogP contribution >= 0.6 is 11.6 Å². The number of pyridine rings is 1. The minimum absolute atomic E-state index is 0.0917. The Balaban J connectivity index is 2.18. The number of nitrogens with one attached hydrogen (secondary N) is 1. The van der Waals surface area contributed by atoms with Crippen LogP contribution in [-0.2, 0) is 17.1 Å². The molecule has 1 N–H and O–H groups in total. The lowest BCUT2D eigenvalue weighted by Gasteiger charge is -2.15. The zero-order valence-corrected chi connectivity index (χ0v) is 16.8. The minimum atomic E-state index is -3.57. The number of aryl methyl sites for hydroxylation is 1. The first-order valence-electron chi connectivity index (χ1n) is 8.15. The Bertz CT molecular complexity index is 1260. The van der Waals surface area contributed by atoms with Gasteiger partial charge in [-0.1, -0.05) is 11.6 Å². The molecule has 0 spiro atoms. The summed E-state index contributed by atoms with van der Waals surface area (Å²) in [4.78, 5) is 11.8. The fourth-order valence-corrected chi connectivity index (χ4v) is 3.39. The highest BCUT2D eigenvalue weighted by molar-refractivity contribution is 7.92. The van der Waals surface area contributed by atoms with E-state index in [1.165, 1.54) is 42.1 Å². The van der Waals surface area contributed by atoms with E-state index in [1.807, 2.05) is 0 Å². The molecule has 10 heteroatoms. The van der Waals surface area contributed by atoms with E-state index < -0.39 is 21.7 Å². The third-order valence-corrected chi connectivity index (χ3v) is 4.78. The first-order valence-corrected chi connectivity index (χ1v) is 10.4. The molecule has 2 aromatic carbocycles. The van der Waals surface area contributed by atoms with Crippen LogP contribution in [0.5, 0.6) is 11.5 Å². The van der Waals surface area contributed by atoms with Gasteiger partial charge in [0.2, 0.25) is 10.0 Å². The van der Waals surface area contributed by atoms with Crippen molar-refractivity contribution in [2.24, 2.45) is 7.05 Å². The lowest BCUT2D eigenvalue weighted by Crippen LogP contribution is -2.15. The van der Waals surface area contributed by atoms with Gasteiger partial charge in [-0.25, -0.2) is 17.2 Å². The van der Waals surface area contributed by atoms with Crippen molar-refractivity contribution >= 4 is 27.3 Å². The third-order valence-electron chi connectivity index (χ3n) is 3.86. The monoisotopic (exact) mass is 440 g/mol. The van der Waals surface area contributed by atoms with E-state index in [0.29, 0.717) is 17.2 Å². The van der Waals surface area contributed by atoms with Crippen LogP contribution in [0.25, 0.3) is 11.1 Å². The second-order valence-electron chi connectivity index (χ2n) is 6.25. The van der Waals surface area contributed by atoms with Crippen LogP contribution in [0, 0.1) is 11.6 Å². The molecule has 3 rings (SSSR count). The van der Waals surface area contributed by atoms with Crippen molar-refractivity contribution in [2.45, 2.75) is 0 Å². The number of ether oxygens (including phenoxy) is 1. The van der Waals surface area contributed by atoms with Gasteiger partial charge < -0.3 is 9.30 Å². The third kappa shape index (κ3) is 4.93. The molecule has 3 aromatic rings. The van der Waals surface area contributed by atoms with Crippen LogP contribution in [0.1, 0.15) is 0 Å². The molecule has 29 heavy (non-hydrogen) atoms. The number of sulfonamides is 1. The summed E-state index contributed by atoms with van der Waals surface area (Å²) in [5.41, 5.74) is 0.502. The largest absolute Gasteiger partial charge is 0.454 e. The molecule has 0 saturated carbocycles. The molecule has 0 aliphatic heterocycles. The molecule has 0 aliphatic carbocycles. The number of benzene rings is 2. The number of nitrogens with zero attached hydrogens (tertiary/aromatic N) is 1. The van der Waals surface area contributed by atoms with Crippen molar-refractivity contribution in [2.75, 3.05) is 11.0 Å². The van der Waals surface area contributed by atoms with Gasteiger partial charge in [-0.05, 0) is 30.3 Å². The van der Waals surface area contributed by atoms with Crippen molar-refractivity contribution in [3.63, 3.8) is 0 Å². The zero-order chi connectivity index (χ0) is 21.3. The van der Waals surface area contributed by atoms with Gasteiger partial charge in [0.05, 0.1) is 11.3 Å². The van der Waals surface area contributed by atoms with Gasteiger partial charge in [-0.3, -0.25) is 9.52 Å². The van der Waals surface area contributed by atoms with E-state index in [9.17, 15) is 22.0 Å². The van der Waals surface area contributed by atoms with Crippen LogP contribution < -0.4 is 15.0 Å². The summed E-state index contributed by atoms with van der Waals surface area (Å²) < 4.78 is 59.5. The van der Waals surface area contributed by atoms with Crippen LogP contribution in [-0.4, -0.2) is 19.2 Å². The fourth-order valence-electron chi connectivity index (χ4n) is 2.59. The molecule has 1 heterocycles. The van der Waals surface area contributed by atoms with Crippen LogP contribution in [0.3, 0.4) is 0 Å². The van der Waals surface area contributed by atoms with E-state index in [2.05, 4.69) is 4.72 Å². The standard InChI is InChI=1S/C19H15ClF2N2O4S/c1-24-10-14(15(20)9-19(24)25)13-8-12(23-29(2,26)27)4-6-17(13)28-18-5-3-11(21)7-16(18)22/h3-10,23H,1-2H3. The second kappa shape index (κ2) is 7.84. The van der Waals surface area contributed by atoms with E-state index >= 15 is 0 Å². The molecule has 0 unspecified atom stereocenters. The SMILES string of the molecule is Cn1cc(-c2cc(NS(C)(=O)=O)ccc2Oc2ccc(F)cc2F)c(Cl)cc1=O. The molecular formula is C19H15ClF2N2O4S. The van der Waals surface area contributed by atoms with Crippen LogP contribution in [0.15, 0.2) is 53.5 Å². The summed E-state index contributed by atoms with van der Waals surface area (Å²) >= 11 is 6.22. The Labute approximate surface area is 170 Å². The molecule has 0 aliphatic rings. The predicted octanol–water partition coefficient (Wildman–Crippen LogP) is 4.15. The summed E-state index contributed by atoms with van der Waals surface area (Å²) in [6, 6.07) is 8.29. The number of rotatable bonds is 5. The summed E-state index contributed by atoms with van der Waals surface area (Å²) in [5.74, 6) is -1.79. The van der Waals surface area contributed by atoms with E-state index in [1.54, 1.807) is 0 Å². The first-order chi connectivity index (χ1) is 13.5. The van der Waals surface area contributed by atoms with Crippen molar-refractivity contribution in [3.05, 3.63) is 75.7 Å². The number of halogens is 3. The Morgan fingerprint density at radius 2 is 1.72 bits per heavy atom. The Kier molecular flexibility index (Phi) is 5.63. The van der Waals surface area contributed by atoms with Gasteiger partial charge in [0.25, 0.3) is 5.56 Å². The zero-order valence-electron chi connectivity index (χ0n) is 15.2. The molecular weight excluding hydrogens is 426 g/mol. The van der Waals surface area contributed by atoms with Crippen molar-refractivity contribution < 1.29 is 21.9 Å². The molecule has 0 saturated heterocycles. The van der Waals surface area contributed by atoms with Gasteiger partial charge in [-0.15, -0.1) is 0 Å². The highest BCUT2D eigenvalue weighted by atomic mass is 35.5. The normalized spacial score (nSPS) is 11.3. The second-order valence-corrected chi connectivity index (χ2v) is 8.40. The Morgan fingerprint density at radius 3 is 2.38 bits per heavy atom. The molecule has 0 fully saturated rings. The first kappa shape index (κ1) is 20.8. The topological polar surface area (TPSA) is 77.4 Å². The van der Waals surface area contributed by atoms with E-state index in [-0.39, 0.29) is 27.8 Å². The molecule has 0 atom stereocenters. The summed E-state index contributed by atoms with van der Waals surface area (Å²) in [5, 5.41) is 0.0917. The average Bonchev–Trinajstić information content (AvgIpc) is 2.60. The maximum Gasteiger partial charge on any atom is 0.251 e. The molecule has 6 nitrogen and oxygen atoms in total. The van der Waals surface area contributed by atoms with Gasteiger partial charge in [-0.2, -0.15) is 0 Å². The number of hydrogen-bond acceptors (Lipinski definition) is 4. The highest BCUT2D eigenvalue weighted by Gasteiger charge is 2.16. The number of aromatic nitrogens is 1. The average molecular weight is 441 g/mol. The molecule has 0 radical (unpaired) electrons. The quantitative estimate of drug-likeness (QED) is 0.646. The van der Waals surface area contributed by atoms with Crippen molar-refractivity contribution in [1.29, 1.82) is 0 Å². The van der Waals surface area contributed by atoms with Gasteiger partial charge in [0.1, 0.15) is 11.6 Å². The van der Waals surface area contributed by atoms with E-state index in [4.69, 9.17) is 16.3 Å². The lowest BCUT2D eigenvalue weighted by atomic mass is 10.1. The lowest BCUT2D eigenvalue weighted by molar-refractivity contribution is 0.439. The van der Waals surface area contributed by atoms with Gasteiger partial charge >= 0.3 is 0 Å².